The molecule has 0 aliphatic carbocycles. The highest BCUT2D eigenvalue weighted by atomic mass is 35.5. The summed E-state index contributed by atoms with van der Waals surface area (Å²) in [6.07, 6.45) is 12.2. The summed E-state index contributed by atoms with van der Waals surface area (Å²) < 4.78 is 5.08. The van der Waals surface area contributed by atoms with Crippen LogP contribution in [0.15, 0.2) is 91.0 Å². The second-order valence-corrected chi connectivity index (χ2v) is 6.80. The van der Waals surface area contributed by atoms with Gasteiger partial charge in [-0.25, -0.2) is 0 Å². The first-order chi connectivity index (χ1) is 14.6. The lowest BCUT2D eigenvalue weighted by molar-refractivity contribution is -0.104. The molecule has 0 heterocycles. The minimum atomic E-state index is 0.742. The summed E-state index contributed by atoms with van der Waals surface area (Å²) in [5.74, 6) is 0.774. The van der Waals surface area contributed by atoms with Crippen LogP contribution in [0, 0.1) is 6.92 Å². The van der Waals surface area contributed by atoms with E-state index in [0.29, 0.717) is 0 Å². The highest BCUT2D eigenvalue weighted by Gasteiger charge is 1.95. The van der Waals surface area contributed by atoms with Gasteiger partial charge in [0.25, 0.3) is 0 Å². The number of hydrogen-bond acceptors (Lipinski definition) is 2. The quantitative estimate of drug-likeness (QED) is 0.239. The number of hydrogen-bond donors (Lipinski definition) is 0. The third kappa shape index (κ3) is 7.94. The molecule has 3 rings (SSSR count). The number of halogens is 1. The maximum absolute atomic E-state index is 10.1. The fourth-order valence-corrected chi connectivity index (χ4v) is 2.75. The van der Waals surface area contributed by atoms with E-state index in [9.17, 15) is 4.79 Å². The minimum Gasteiger partial charge on any atom is -0.496 e. The molecule has 0 N–H and O–H groups in total. The largest absolute Gasteiger partial charge is 0.496 e. The number of aryl methyl sites for hydroxylation is 1. The first-order valence-corrected chi connectivity index (χ1v) is 9.92. The van der Waals surface area contributed by atoms with Crippen molar-refractivity contribution in [2.75, 3.05) is 7.11 Å². The number of para-hydroxylation sites is 1. The second-order valence-electron chi connectivity index (χ2n) is 6.36. The first kappa shape index (κ1) is 22.9. The number of aldehydes is 1. The van der Waals surface area contributed by atoms with Gasteiger partial charge in [0.15, 0.2) is 0 Å². The van der Waals surface area contributed by atoms with Crippen LogP contribution < -0.4 is 4.74 Å². The van der Waals surface area contributed by atoms with E-state index in [2.05, 4.69) is 49.4 Å². The Balaban J connectivity index is 0.000000232. The molecule has 0 bridgehead atoms. The Hall–Kier alpha value is -3.36. The molecule has 3 aromatic carbocycles. The van der Waals surface area contributed by atoms with E-state index < -0.39 is 0 Å². The molecule has 3 heteroatoms. The van der Waals surface area contributed by atoms with Gasteiger partial charge in [-0.05, 0) is 54.0 Å². The van der Waals surface area contributed by atoms with Gasteiger partial charge in [-0.1, -0.05) is 90.5 Å². The topological polar surface area (TPSA) is 26.3 Å². The summed E-state index contributed by atoms with van der Waals surface area (Å²) in [5, 5.41) is 0.766. The van der Waals surface area contributed by atoms with Gasteiger partial charge >= 0.3 is 0 Å². The van der Waals surface area contributed by atoms with E-state index in [-0.39, 0.29) is 0 Å². The summed E-state index contributed by atoms with van der Waals surface area (Å²) in [6.45, 7) is 2.11. The number of rotatable bonds is 6. The normalized spacial score (nSPS) is 10.9. The van der Waals surface area contributed by atoms with Gasteiger partial charge in [0.1, 0.15) is 12.0 Å². The van der Waals surface area contributed by atoms with Crippen molar-refractivity contribution >= 4 is 36.1 Å². The number of ether oxygens (including phenoxy) is 1. The van der Waals surface area contributed by atoms with E-state index in [1.807, 2.05) is 54.6 Å². The monoisotopic (exact) mass is 416 g/mol. The molecule has 152 valence electrons. The molecule has 0 aliphatic rings. The van der Waals surface area contributed by atoms with Crippen LogP contribution in [0.1, 0.15) is 22.3 Å². The zero-order valence-corrected chi connectivity index (χ0v) is 17.9. The van der Waals surface area contributed by atoms with Crippen LogP contribution >= 0.6 is 11.6 Å². The van der Waals surface area contributed by atoms with E-state index in [1.54, 1.807) is 13.2 Å². The molecule has 0 fully saturated rings. The standard InChI is InChI=1S/C17H15Cl.C10H10O2/c1-14-6-2-4-8-16(14)9-5-3-7-15-10-12-17(18)13-11-15;1-12-10-7-3-2-5-9(10)6-4-8-11/h2-13H,1H3;2-8H,1H3/b7-3+,9-5+;6-4+. The van der Waals surface area contributed by atoms with Crippen LogP contribution in [0.2, 0.25) is 5.02 Å². The van der Waals surface area contributed by atoms with E-state index >= 15 is 0 Å². The van der Waals surface area contributed by atoms with Crippen LogP contribution in [0.5, 0.6) is 5.75 Å². The fraction of sp³-hybridized carbons (Fsp3) is 0.0741. The Morgan fingerprint density at radius 1 is 0.733 bits per heavy atom. The van der Waals surface area contributed by atoms with Crippen molar-refractivity contribution in [2.45, 2.75) is 6.92 Å². The Kier molecular flexibility index (Phi) is 9.91. The van der Waals surface area contributed by atoms with Gasteiger partial charge in [0.2, 0.25) is 0 Å². The van der Waals surface area contributed by atoms with Crippen LogP contribution in [0.3, 0.4) is 0 Å². The van der Waals surface area contributed by atoms with Crippen LogP contribution in [-0.2, 0) is 4.79 Å². The molecule has 0 saturated carbocycles. The summed E-state index contributed by atoms with van der Waals surface area (Å²) in [6, 6.07) is 23.6. The summed E-state index contributed by atoms with van der Waals surface area (Å²) in [4.78, 5) is 10.1. The minimum absolute atomic E-state index is 0.742. The number of carbonyl (C=O) groups is 1. The zero-order chi connectivity index (χ0) is 21.6. The number of carbonyl (C=O) groups excluding carboxylic acids is 1. The molecule has 0 spiro atoms. The summed E-state index contributed by atoms with van der Waals surface area (Å²) in [7, 11) is 1.60. The maximum Gasteiger partial charge on any atom is 0.142 e. The Bertz CT molecular complexity index is 1020. The molecule has 0 atom stereocenters. The van der Waals surface area contributed by atoms with Gasteiger partial charge in [0.05, 0.1) is 7.11 Å². The summed E-state index contributed by atoms with van der Waals surface area (Å²) >= 11 is 5.83. The molecule has 0 amide bonds. The zero-order valence-electron chi connectivity index (χ0n) is 17.2. The average Bonchev–Trinajstić information content (AvgIpc) is 2.78. The third-order valence-electron chi connectivity index (χ3n) is 4.23. The van der Waals surface area contributed by atoms with Crippen molar-refractivity contribution in [2.24, 2.45) is 0 Å². The molecule has 0 aliphatic heterocycles. The Morgan fingerprint density at radius 2 is 1.33 bits per heavy atom. The lowest BCUT2D eigenvalue weighted by Gasteiger charge is -2.02. The predicted molar refractivity (Wildman–Crippen MR) is 129 cm³/mol. The molecule has 2 nitrogen and oxygen atoms in total. The van der Waals surface area contributed by atoms with Gasteiger partial charge in [-0.15, -0.1) is 0 Å². The highest BCUT2D eigenvalue weighted by Crippen LogP contribution is 2.18. The van der Waals surface area contributed by atoms with Crippen molar-refractivity contribution < 1.29 is 9.53 Å². The number of methoxy groups -OCH3 is 1. The number of benzene rings is 3. The van der Waals surface area contributed by atoms with Gasteiger partial charge in [0, 0.05) is 10.6 Å². The van der Waals surface area contributed by atoms with Crippen molar-refractivity contribution in [3.63, 3.8) is 0 Å². The first-order valence-electron chi connectivity index (χ1n) is 9.55. The highest BCUT2D eigenvalue weighted by molar-refractivity contribution is 6.30. The molecule has 0 radical (unpaired) electrons. The van der Waals surface area contributed by atoms with Gasteiger partial charge < -0.3 is 4.74 Å². The van der Waals surface area contributed by atoms with Crippen LogP contribution in [0.25, 0.3) is 18.2 Å². The lowest BCUT2D eigenvalue weighted by Crippen LogP contribution is -1.85. The van der Waals surface area contributed by atoms with Crippen LogP contribution in [0.4, 0.5) is 0 Å². The van der Waals surface area contributed by atoms with Gasteiger partial charge in [-0.2, -0.15) is 0 Å². The average molecular weight is 417 g/mol. The predicted octanol–water partition coefficient (Wildman–Crippen LogP) is 7.28. The molecular formula is C27H25ClO2. The number of allylic oxidation sites excluding steroid dienone is 3. The van der Waals surface area contributed by atoms with Crippen molar-refractivity contribution in [1.82, 2.24) is 0 Å². The molecule has 0 saturated heterocycles. The Morgan fingerprint density at radius 3 is 2.00 bits per heavy atom. The fourth-order valence-electron chi connectivity index (χ4n) is 2.62. The van der Waals surface area contributed by atoms with Gasteiger partial charge in [-0.3, -0.25) is 4.79 Å². The Labute approximate surface area is 183 Å². The lowest BCUT2D eigenvalue weighted by atomic mass is 10.1. The second kappa shape index (κ2) is 13.0. The van der Waals surface area contributed by atoms with Crippen molar-refractivity contribution in [3.05, 3.63) is 118 Å². The van der Waals surface area contributed by atoms with E-state index in [4.69, 9.17) is 16.3 Å². The smallest absolute Gasteiger partial charge is 0.142 e. The molecular weight excluding hydrogens is 392 g/mol. The molecule has 0 unspecified atom stereocenters. The van der Waals surface area contributed by atoms with E-state index in [0.717, 1.165) is 28.2 Å². The third-order valence-corrected chi connectivity index (χ3v) is 4.48. The molecule has 30 heavy (non-hydrogen) atoms. The molecule has 0 aromatic heterocycles. The van der Waals surface area contributed by atoms with Crippen molar-refractivity contribution in [3.8, 4) is 5.75 Å². The van der Waals surface area contributed by atoms with Crippen LogP contribution in [-0.4, -0.2) is 13.4 Å². The van der Waals surface area contributed by atoms with Crippen molar-refractivity contribution in [1.29, 1.82) is 0 Å². The summed E-state index contributed by atoms with van der Waals surface area (Å²) in [5.41, 5.74) is 4.59. The maximum atomic E-state index is 10.1. The SMILES string of the molecule is COc1ccccc1/C=C/C=O.Cc1ccccc1/C=C/C=C/c1ccc(Cl)cc1. The van der Waals surface area contributed by atoms with E-state index in [1.165, 1.54) is 17.2 Å². The molecule has 3 aromatic rings.